The van der Waals surface area contributed by atoms with E-state index in [1.54, 1.807) is 0 Å². The first-order valence-electron chi connectivity index (χ1n) is 8.46. The van der Waals surface area contributed by atoms with Gasteiger partial charge < -0.3 is 4.42 Å². The number of furan rings is 1. The molecule has 0 atom stereocenters. The molecule has 0 bridgehead atoms. The Labute approximate surface area is 152 Å². The molecule has 132 valence electrons. The summed E-state index contributed by atoms with van der Waals surface area (Å²) in [5.41, 5.74) is 3.86. The largest absolute Gasteiger partial charge is 0.460 e. The molecule has 1 saturated heterocycles. The number of hydrogen-bond acceptors (Lipinski definition) is 4. The van der Waals surface area contributed by atoms with Gasteiger partial charge in [0, 0.05) is 17.5 Å². The van der Waals surface area contributed by atoms with Gasteiger partial charge in [0.05, 0.1) is 6.21 Å². The molecule has 2 heterocycles. The van der Waals surface area contributed by atoms with Gasteiger partial charge in [0.1, 0.15) is 11.5 Å². The zero-order chi connectivity index (χ0) is 17.6. The van der Waals surface area contributed by atoms with E-state index in [4.69, 9.17) is 16.0 Å². The average molecular weight is 360 g/mol. The van der Waals surface area contributed by atoms with E-state index in [1.165, 1.54) is 11.8 Å². The second-order valence-electron chi connectivity index (χ2n) is 6.36. The molecule has 1 aliphatic rings. The van der Waals surface area contributed by atoms with E-state index in [0.717, 1.165) is 43.3 Å². The highest BCUT2D eigenvalue weighted by atomic mass is 35.5. The molecule has 0 spiro atoms. The molecular weight excluding hydrogens is 338 g/mol. The molecule has 5 nitrogen and oxygen atoms in total. The Balaban J connectivity index is 1.42. The van der Waals surface area contributed by atoms with E-state index < -0.39 is 0 Å². The van der Waals surface area contributed by atoms with Crippen LogP contribution < -0.4 is 5.43 Å². The number of nitrogens with one attached hydrogen (secondary N) is 1. The second-order valence-corrected chi connectivity index (χ2v) is 6.80. The van der Waals surface area contributed by atoms with Crippen molar-refractivity contribution in [2.45, 2.75) is 26.3 Å². The summed E-state index contributed by atoms with van der Waals surface area (Å²) in [6, 6.07) is 11.6. The number of hydrazone groups is 1. The van der Waals surface area contributed by atoms with Crippen molar-refractivity contribution < 1.29 is 9.21 Å². The third-order valence-corrected chi connectivity index (χ3v) is 4.66. The second kappa shape index (κ2) is 8.32. The first-order chi connectivity index (χ1) is 12.1. The van der Waals surface area contributed by atoms with Gasteiger partial charge in [0.2, 0.25) is 5.91 Å². The molecule has 1 aliphatic heterocycles. The Hall–Kier alpha value is -2.11. The molecule has 6 heteroatoms. The van der Waals surface area contributed by atoms with Crippen LogP contribution in [0.2, 0.25) is 5.02 Å². The number of nitrogens with zero attached hydrogens (tertiary/aromatic N) is 2. The van der Waals surface area contributed by atoms with Crippen LogP contribution in [0, 0.1) is 12.8 Å². The molecule has 0 radical (unpaired) electrons. The summed E-state index contributed by atoms with van der Waals surface area (Å²) in [6.45, 7) is 4.57. The number of likely N-dealkylation sites (tertiary alicyclic amines) is 1. The van der Waals surface area contributed by atoms with Crippen LogP contribution in [0.25, 0.3) is 0 Å². The van der Waals surface area contributed by atoms with Gasteiger partial charge in [-0.25, -0.2) is 5.43 Å². The van der Waals surface area contributed by atoms with E-state index in [1.807, 2.05) is 43.3 Å². The van der Waals surface area contributed by atoms with E-state index in [-0.39, 0.29) is 11.8 Å². The minimum atomic E-state index is -0.0225. The SMILES string of the molecule is Cc1ccc(C=NNC(=O)C2CCN(Cc3ccc(Cl)cc3)CC2)o1. The Morgan fingerprint density at radius 1 is 1.28 bits per heavy atom. The van der Waals surface area contributed by atoms with Crippen molar-refractivity contribution in [3.8, 4) is 0 Å². The maximum absolute atomic E-state index is 12.2. The van der Waals surface area contributed by atoms with Crippen molar-refractivity contribution in [3.63, 3.8) is 0 Å². The summed E-state index contributed by atoms with van der Waals surface area (Å²) in [6.07, 6.45) is 3.21. The summed E-state index contributed by atoms with van der Waals surface area (Å²) >= 11 is 5.91. The minimum Gasteiger partial charge on any atom is -0.460 e. The van der Waals surface area contributed by atoms with Crippen molar-refractivity contribution in [2.24, 2.45) is 11.0 Å². The highest BCUT2D eigenvalue weighted by Crippen LogP contribution is 2.20. The molecule has 0 aliphatic carbocycles. The lowest BCUT2D eigenvalue weighted by Gasteiger charge is -2.30. The lowest BCUT2D eigenvalue weighted by molar-refractivity contribution is -0.126. The van der Waals surface area contributed by atoms with Crippen LogP contribution in [-0.2, 0) is 11.3 Å². The maximum atomic E-state index is 12.2. The van der Waals surface area contributed by atoms with E-state index in [0.29, 0.717) is 5.76 Å². The molecular formula is C19H22ClN3O2. The van der Waals surface area contributed by atoms with Gasteiger partial charge in [0.25, 0.3) is 0 Å². The third-order valence-electron chi connectivity index (χ3n) is 4.41. The van der Waals surface area contributed by atoms with Crippen LogP contribution in [-0.4, -0.2) is 30.1 Å². The number of amides is 1. The van der Waals surface area contributed by atoms with E-state index >= 15 is 0 Å². The van der Waals surface area contributed by atoms with Gasteiger partial charge in [-0.2, -0.15) is 5.10 Å². The molecule has 1 fully saturated rings. The smallest absolute Gasteiger partial charge is 0.243 e. The van der Waals surface area contributed by atoms with E-state index in [2.05, 4.69) is 15.4 Å². The number of carbonyl (C=O) groups excluding carboxylic acids is 1. The monoisotopic (exact) mass is 359 g/mol. The fraction of sp³-hybridized carbons (Fsp3) is 0.368. The Morgan fingerprint density at radius 2 is 2.00 bits per heavy atom. The standard InChI is InChI=1S/C19H22ClN3O2/c1-14-2-7-18(25-14)12-21-22-19(24)16-8-10-23(11-9-16)13-15-3-5-17(20)6-4-15/h2-7,12,16H,8-11,13H2,1H3,(H,22,24). The van der Waals surface area contributed by atoms with E-state index in [9.17, 15) is 4.79 Å². The van der Waals surface area contributed by atoms with Crippen molar-refractivity contribution in [3.05, 3.63) is 58.5 Å². The zero-order valence-corrected chi connectivity index (χ0v) is 15.0. The highest BCUT2D eigenvalue weighted by Gasteiger charge is 2.24. The number of piperidine rings is 1. The number of benzene rings is 1. The first-order valence-corrected chi connectivity index (χ1v) is 8.84. The Kier molecular flexibility index (Phi) is 5.89. The summed E-state index contributed by atoms with van der Waals surface area (Å²) in [5.74, 6) is 1.44. The fourth-order valence-electron chi connectivity index (χ4n) is 2.97. The Bertz CT molecular complexity index is 731. The van der Waals surface area contributed by atoms with Crippen LogP contribution in [0.15, 0.2) is 45.9 Å². The molecule has 1 N–H and O–H groups in total. The minimum absolute atomic E-state index is 0.0111. The molecule has 2 aromatic rings. The van der Waals surface area contributed by atoms with Crippen molar-refractivity contribution in [1.82, 2.24) is 10.3 Å². The van der Waals surface area contributed by atoms with Crippen LogP contribution in [0.4, 0.5) is 0 Å². The number of hydrogen-bond donors (Lipinski definition) is 1. The summed E-state index contributed by atoms with van der Waals surface area (Å²) < 4.78 is 5.37. The molecule has 0 saturated carbocycles. The van der Waals surface area contributed by atoms with Crippen molar-refractivity contribution >= 4 is 23.7 Å². The molecule has 1 aromatic carbocycles. The molecule has 1 aromatic heterocycles. The van der Waals surface area contributed by atoms with Gasteiger partial charge in [-0.05, 0) is 62.7 Å². The van der Waals surface area contributed by atoms with Gasteiger partial charge in [-0.3, -0.25) is 9.69 Å². The molecule has 3 rings (SSSR count). The average Bonchev–Trinajstić information content (AvgIpc) is 3.03. The van der Waals surface area contributed by atoms with Crippen LogP contribution in [0.1, 0.15) is 29.9 Å². The van der Waals surface area contributed by atoms with Crippen LogP contribution >= 0.6 is 11.6 Å². The first kappa shape index (κ1) is 17.7. The maximum Gasteiger partial charge on any atom is 0.243 e. The topological polar surface area (TPSA) is 57.8 Å². The molecule has 1 amide bonds. The quantitative estimate of drug-likeness (QED) is 0.655. The lowest BCUT2D eigenvalue weighted by Crippen LogP contribution is -2.39. The van der Waals surface area contributed by atoms with Gasteiger partial charge in [0.15, 0.2) is 0 Å². The predicted octanol–water partition coefficient (Wildman–Crippen LogP) is 3.60. The summed E-state index contributed by atoms with van der Waals surface area (Å²) in [4.78, 5) is 14.6. The zero-order valence-electron chi connectivity index (χ0n) is 14.2. The summed E-state index contributed by atoms with van der Waals surface area (Å²) in [5, 5.41) is 4.73. The molecule has 0 unspecified atom stereocenters. The van der Waals surface area contributed by atoms with Crippen LogP contribution in [0.3, 0.4) is 0 Å². The van der Waals surface area contributed by atoms with Crippen LogP contribution in [0.5, 0.6) is 0 Å². The summed E-state index contributed by atoms with van der Waals surface area (Å²) in [7, 11) is 0. The van der Waals surface area contributed by atoms with Gasteiger partial charge in [-0.15, -0.1) is 0 Å². The van der Waals surface area contributed by atoms with Gasteiger partial charge >= 0.3 is 0 Å². The number of carbonyl (C=O) groups is 1. The Morgan fingerprint density at radius 3 is 2.64 bits per heavy atom. The number of aryl methyl sites for hydroxylation is 1. The van der Waals surface area contributed by atoms with Gasteiger partial charge in [-0.1, -0.05) is 23.7 Å². The molecule has 25 heavy (non-hydrogen) atoms. The van der Waals surface area contributed by atoms with Crippen molar-refractivity contribution in [2.75, 3.05) is 13.1 Å². The highest BCUT2D eigenvalue weighted by molar-refractivity contribution is 6.30. The lowest BCUT2D eigenvalue weighted by atomic mass is 9.96. The number of halogens is 1. The third kappa shape index (κ3) is 5.18. The fourth-order valence-corrected chi connectivity index (χ4v) is 3.10. The normalized spacial score (nSPS) is 16.4. The number of rotatable bonds is 5. The predicted molar refractivity (Wildman–Crippen MR) is 98.6 cm³/mol. The van der Waals surface area contributed by atoms with Crippen molar-refractivity contribution in [1.29, 1.82) is 0 Å².